The van der Waals surface area contributed by atoms with Gasteiger partial charge in [0.15, 0.2) is 0 Å². The summed E-state index contributed by atoms with van der Waals surface area (Å²) in [6.07, 6.45) is 0.816. The molecule has 1 aromatic rings. The van der Waals surface area contributed by atoms with E-state index in [-0.39, 0.29) is 0 Å². The number of hydrogen-bond donors (Lipinski definition) is 1. The first-order valence-corrected chi connectivity index (χ1v) is 6.61. The van der Waals surface area contributed by atoms with Crippen molar-refractivity contribution in [1.29, 1.82) is 0 Å². The number of anilines is 2. The molecule has 1 aromatic heterocycles. The van der Waals surface area contributed by atoms with Crippen molar-refractivity contribution in [3.8, 4) is 0 Å². The highest BCUT2D eigenvalue weighted by atomic mass is 15.3. The highest BCUT2D eigenvalue weighted by Crippen LogP contribution is 2.21. The lowest BCUT2D eigenvalue weighted by Gasteiger charge is -2.43. The topological polar surface area (TPSA) is 58.3 Å². The second-order valence-electron chi connectivity index (χ2n) is 5.19. The third-order valence-corrected chi connectivity index (χ3v) is 3.78. The van der Waals surface area contributed by atoms with Gasteiger partial charge in [0.05, 0.1) is 0 Å². The van der Waals surface area contributed by atoms with Crippen molar-refractivity contribution in [1.82, 2.24) is 14.9 Å². The second kappa shape index (κ2) is 5.10. The minimum absolute atomic E-state index is 0.523. The molecule has 2 rings (SSSR count). The number of nitrogen functional groups attached to an aromatic ring is 1. The zero-order chi connectivity index (χ0) is 13.3. The van der Waals surface area contributed by atoms with Gasteiger partial charge < -0.3 is 10.6 Å². The van der Waals surface area contributed by atoms with Gasteiger partial charge in [-0.2, -0.15) is 0 Å². The number of nitrogens with two attached hydrogens (primary N) is 1. The van der Waals surface area contributed by atoms with Crippen LogP contribution in [0.3, 0.4) is 0 Å². The molecule has 100 valence electrons. The highest BCUT2D eigenvalue weighted by molar-refractivity contribution is 5.47. The van der Waals surface area contributed by atoms with Gasteiger partial charge in [0.2, 0.25) is 0 Å². The molecular formula is C13H23N5. The standard InChI is InChI=1S/C13H23N5/c1-5-12-15-11(14)6-13(16-12)18-7-9(2)17(4)10(3)8-18/h6,9-10H,5,7-8H2,1-4H3,(H2,14,15,16). The van der Waals surface area contributed by atoms with E-state index in [0.717, 1.165) is 31.2 Å². The van der Waals surface area contributed by atoms with Crippen molar-refractivity contribution in [2.75, 3.05) is 30.8 Å². The molecule has 0 aromatic carbocycles. The second-order valence-corrected chi connectivity index (χ2v) is 5.19. The Bertz CT molecular complexity index is 408. The van der Waals surface area contributed by atoms with E-state index in [1.165, 1.54) is 0 Å². The Morgan fingerprint density at radius 1 is 1.28 bits per heavy atom. The van der Waals surface area contributed by atoms with Crippen molar-refractivity contribution in [3.05, 3.63) is 11.9 Å². The molecular weight excluding hydrogens is 226 g/mol. The van der Waals surface area contributed by atoms with E-state index in [4.69, 9.17) is 5.73 Å². The maximum atomic E-state index is 5.85. The summed E-state index contributed by atoms with van der Waals surface area (Å²) in [6, 6.07) is 2.93. The van der Waals surface area contributed by atoms with Gasteiger partial charge in [0, 0.05) is 37.7 Å². The molecule has 2 unspecified atom stereocenters. The molecule has 0 amide bonds. The molecule has 0 spiro atoms. The average Bonchev–Trinajstić information content (AvgIpc) is 2.34. The lowest BCUT2D eigenvalue weighted by molar-refractivity contribution is 0.169. The molecule has 2 atom stereocenters. The van der Waals surface area contributed by atoms with Crippen molar-refractivity contribution >= 4 is 11.6 Å². The zero-order valence-corrected chi connectivity index (χ0v) is 11.7. The fourth-order valence-electron chi connectivity index (χ4n) is 2.41. The first-order valence-electron chi connectivity index (χ1n) is 6.61. The van der Waals surface area contributed by atoms with Crippen molar-refractivity contribution in [2.45, 2.75) is 39.3 Å². The number of likely N-dealkylation sites (N-methyl/N-ethyl adjacent to an activating group) is 1. The number of rotatable bonds is 2. The lowest BCUT2D eigenvalue weighted by Crippen LogP contribution is -2.55. The lowest BCUT2D eigenvalue weighted by atomic mass is 10.1. The number of piperazine rings is 1. The summed E-state index contributed by atoms with van der Waals surface area (Å²) < 4.78 is 0. The summed E-state index contributed by atoms with van der Waals surface area (Å²) in [5.41, 5.74) is 5.85. The molecule has 0 radical (unpaired) electrons. The van der Waals surface area contributed by atoms with Crippen LogP contribution in [0.1, 0.15) is 26.6 Å². The summed E-state index contributed by atoms with van der Waals surface area (Å²) in [6.45, 7) is 8.51. The fraction of sp³-hybridized carbons (Fsp3) is 0.692. The predicted octanol–water partition coefficient (Wildman–Crippen LogP) is 1.15. The van der Waals surface area contributed by atoms with Gasteiger partial charge in [-0.15, -0.1) is 0 Å². The summed E-state index contributed by atoms with van der Waals surface area (Å²) in [7, 11) is 2.18. The van der Waals surface area contributed by atoms with Gasteiger partial charge in [-0.3, -0.25) is 4.90 Å². The summed E-state index contributed by atoms with van der Waals surface area (Å²) in [4.78, 5) is 13.5. The fourth-order valence-corrected chi connectivity index (χ4v) is 2.41. The molecule has 2 N–H and O–H groups in total. The number of aromatic nitrogens is 2. The van der Waals surface area contributed by atoms with Crippen molar-refractivity contribution in [3.63, 3.8) is 0 Å². The van der Waals surface area contributed by atoms with E-state index in [1.807, 2.05) is 13.0 Å². The van der Waals surface area contributed by atoms with Gasteiger partial charge in [0.1, 0.15) is 17.5 Å². The minimum atomic E-state index is 0.523. The molecule has 2 heterocycles. The quantitative estimate of drug-likeness (QED) is 0.852. The normalized spacial score (nSPS) is 25.4. The first-order chi connectivity index (χ1) is 8.51. The minimum Gasteiger partial charge on any atom is -0.384 e. The Hall–Kier alpha value is -1.36. The number of nitrogens with zero attached hydrogens (tertiary/aromatic N) is 4. The van der Waals surface area contributed by atoms with E-state index in [0.29, 0.717) is 17.9 Å². The zero-order valence-electron chi connectivity index (χ0n) is 11.7. The summed E-state index contributed by atoms with van der Waals surface area (Å²) >= 11 is 0. The van der Waals surface area contributed by atoms with E-state index in [9.17, 15) is 0 Å². The van der Waals surface area contributed by atoms with Crippen LogP contribution >= 0.6 is 0 Å². The molecule has 18 heavy (non-hydrogen) atoms. The predicted molar refractivity (Wildman–Crippen MR) is 74.7 cm³/mol. The highest BCUT2D eigenvalue weighted by Gasteiger charge is 2.27. The first kappa shape index (κ1) is 13.1. The summed E-state index contributed by atoms with van der Waals surface area (Å²) in [5.74, 6) is 2.35. The molecule has 5 nitrogen and oxygen atoms in total. The van der Waals surface area contributed by atoms with Crippen molar-refractivity contribution < 1.29 is 0 Å². The Kier molecular flexibility index (Phi) is 3.71. The van der Waals surface area contributed by atoms with Gasteiger partial charge in [-0.05, 0) is 20.9 Å². The van der Waals surface area contributed by atoms with Crippen LogP contribution in [-0.2, 0) is 6.42 Å². The third-order valence-electron chi connectivity index (χ3n) is 3.78. The Labute approximate surface area is 109 Å². The van der Waals surface area contributed by atoms with Crippen LogP contribution in [0.2, 0.25) is 0 Å². The van der Waals surface area contributed by atoms with Gasteiger partial charge in [-0.1, -0.05) is 6.92 Å². The Morgan fingerprint density at radius 3 is 2.44 bits per heavy atom. The molecule has 1 saturated heterocycles. The van der Waals surface area contributed by atoms with Gasteiger partial charge >= 0.3 is 0 Å². The van der Waals surface area contributed by atoms with Crippen LogP contribution in [-0.4, -0.2) is 47.1 Å². The van der Waals surface area contributed by atoms with Crippen LogP contribution < -0.4 is 10.6 Å². The van der Waals surface area contributed by atoms with Crippen LogP contribution in [0.25, 0.3) is 0 Å². The van der Waals surface area contributed by atoms with Gasteiger partial charge in [0.25, 0.3) is 0 Å². The van der Waals surface area contributed by atoms with Crippen molar-refractivity contribution in [2.24, 2.45) is 0 Å². The van der Waals surface area contributed by atoms with E-state index in [1.54, 1.807) is 0 Å². The van der Waals surface area contributed by atoms with E-state index < -0.39 is 0 Å². The van der Waals surface area contributed by atoms with Gasteiger partial charge in [-0.25, -0.2) is 9.97 Å². The Balaban J connectivity index is 2.23. The maximum absolute atomic E-state index is 5.85. The smallest absolute Gasteiger partial charge is 0.134 e. The number of aryl methyl sites for hydroxylation is 1. The maximum Gasteiger partial charge on any atom is 0.134 e. The van der Waals surface area contributed by atoms with Crippen LogP contribution in [0, 0.1) is 0 Å². The molecule has 1 fully saturated rings. The molecule has 1 aliphatic rings. The largest absolute Gasteiger partial charge is 0.384 e. The molecule has 0 aliphatic carbocycles. The number of hydrogen-bond acceptors (Lipinski definition) is 5. The van der Waals surface area contributed by atoms with E-state index in [2.05, 4.69) is 40.7 Å². The summed E-state index contributed by atoms with van der Waals surface area (Å²) in [5, 5.41) is 0. The van der Waals surface area contributed by atoms with E-state index >= 15 is 0 Å². The SMILES string of the molecule is CCc1nc(N)cc(N2CC(C)N(C)C(C)C2)n1. The third kappa shape index (κ3) is 2.56. The molecule has 0 bridgehead atoms. The van der Waals surface area contributed by atoms with Crippen LogP contribution in [0.5, 0.6) is 0 Å². The average molecular weight is 249 g/mol. The molecule has 0 saturated carbocycles. The van der Waals surface area contributed by atoms with Crippen LogP contribution in [0.15, 0.2) is 6.07 Å². The molecule has 5 heteroatoms. The molecule has 1 aliphatic heterocycles. The van der Waals surface area contributed by atoms with Crippen LogP contribution in [0.4, 0.5) is 11.6 Å². The Morgan fingerprint density at radius 2 is 1.89 bits per heavy atom. The monoisotopic (exact) mass is 249 g/mol.